The number of nitrogens with two attached hydrogens (primary N) is 1. The number of fused-ring (bicyclic) bond motifs is 1. The van der Waals surface area contributed by atoms with Crippen molar-refractivity contribution in [3.8, 4) is 5.75 Å². The summed E-state index contributed by atoms with van der Waals surface area (Å²) in [4.78, 5) is 15.8. The normalized spacial score (nSPS) is 13.3. The third-order valence-corrected chi connectivity index (χ3v) is 11.8. The Balaban J connectivity index is 1.69. The predicted octanol–water partition coefficient (Wildman–Crippen LogP) is 6.90. The maximum atomic E-state index is 11.6. The van der Waals surface area contributed by atoms with Crippen LogP contribution < -0.4 is 10.5 Å². The Morgan fingerprint density at radius 1 is 1.14 bits per heavy atom. The molecule has 0 aliphatic rings. The first-order chi connectivity index (χ1) is 17.0. The fraction of sp³-hybridized carbons (Fsp3) is 0.571. The van der Waals surface area contributed by atoms with E-state index in [1.54, 1.807) is 12.5 Å². The molecule has 1 aromatic carbocycles. The van der Waals surface area contributed by atoms with E-state index in [2.05, 4.69) is 80.8 Å². The van der Waals surface area contributed by atoms with E-state index in [1.807, 2.05) is 4.57 Å². The van der Waals surface area contributed by atoms with Crippen LogP contribution in [0.25, 0.3) is 10.9 Å². The fourth-order valence-corrected chi connectivity index (χ4v) is 5.28. The molecule has 7 nitrogen and oxygen atoms in total. The first-order valence-electron chi connectivity index (χ1n) is 13.2. The second kappa shape index (κ2) is 12.1. The lowest BCUT2D eigenvalue weighted by molar-refractivity contribution is 0.0984. The van der Waals surface area contributed by atoms with Gasteiger partial charge in [0.05, 0.1) is 18.5 Å². The Labute approximate surface area is 217 Å². The molecule has 0 radical (unpaired) electrons. The molecule has 0 saturated heterocycles. The summed E-state index contributed by atoms with van der Waals surface area (Å²) in [7, 11) is -2.05. The number of aromatic nitrogens is 3. The van der Waals surface area contributed by atoms with Crippen molar-refractivity contribution in [3.05, 3.63) is 48.7 Å². The van der Waals surface area contributed by atoms with E-state index in [-0.39, 0.29) is 17.0 Å². The van der Waals surface area contributed by atoms with E-state index in [0.29, 0.717) is 0 Å². The van der Waals surface area contributed by atoms with Gasteiger partial charge in [-0.15, -0.1) is 0 Å². The van der Waals surface area contributed by atoms with Gasteiger partial charge in [0, 0.05) is 25.0 Å². The number of rotatable bonds is 14. The van der Waals surface area contributed by atoms with Crippen LogP contribution in [0.4, 0.5) is 0 Å². The van der Waals surface area contributed by atoms with Crippen molar-refractivity contribution in [1.82, 2.24) is 14.1 Å². The zero-order chi connectivity index (χ0) is 26.3. The molecule has 36 heavy (non-hydrogen) atoms. The molecule has 2 N–H and O–H groups in total. The second-order valence-corrected chi connectivity index (χ2v) is 15.9. The Kier molecular flexibility index (Phi) is 9.41. The van der Waals surface area contributed by atoms with Crippen LogP contribution in [0.1, 0.15) is 82.9 Å². The van der Waals surface area contributed by atoms with Gasteiger partial charge in [-0.1, -0.05) is 47.0 Å². The number of carbonyl (C=O) groups excluding carboxylic acids is 1. The molecule has 0 saturated carbocycles. The quantitative estimate of drug-likeness (QED) is 0.188. The molecule has 2 aromatic heterocycles. The molecule has 3 rings (SSSR count). The summed E-state index contributed by atoms with van der Waals surface area (Å²) in [6.45, 7) is 15.0. The van der Waals surface area contributed by atoms with Crippen molar-refractivity contribution >= 4 is 25.1 Å². The maximum Gasteiger partial charge on any atom is 0.268 e. The van der Waals surface area contributed by atoms with Gasteiger partial charge in [0.15, 0.2) is 8.32 Å². The van der Waals surface area contributed by atoms with Gasteiger partial charge in [-0.25, -0.2) is 4.98 Å². The number of amides is 1. The van der Waals surface area contributed by atoms with E-state index in [4.69, 9.17) is 14.9 Å². The number of primary amides is 1. The molecule has 198 valence electrons. The van der Waals surface area contributed by atoms with Gasteiger partial charge in [0.1, 0.15) is 17.7 Å². The highest BCUT2D eigenvalue weighted by Gasteiger charge is 2.39. The first kappa shape index (κ1) is 28.0. The molecule has 3 aromatic rings. The number of benzene rings is 1. The lowest BCUT2D eigenvalue weighted by Crippen LogP contribution is -2.42. The summed E-state index contributed by atoms with van der Waals surface area (Å²) in [6.07, 6.45) is 11.8. The first-order valence-corrected chi connectivity index (χ1v) is 16.2. The van der Waals surface area contributed by atoms with Crippen LogP contribution >= 0.6 is 0 Å². The van der Waals surface area contributed by atoms with E-state index in [1.165, 1.54) is 30.2 Å². The van der Waals surface area contributed by atoms with E-state index < -0.39 is 14.2 Å². The van der Waals surface area contributed by atoms with Gasteiger partial charge in [0.25, 0.3) is 5.91 Å². The number of hydrogen-bond acceptors (Lipinski definition) is 4. The highest BCUT2D eigenvalue weighted by atomic mass is 28.4. The summed E-state index contributed by atoms with van der Waals surface area (Å²) in [5.41, 5.74) is 6.89. The Hall–Kier alpha value is -2.58. The minimum Gasteiger partial charge on any atom is -0.494 e. The Morgan fingerprint density at radius 3 is 2.58 bits per heavy atom. The molecular weight excluding hydrogens is 468 g/mol. The molecular formula is C28H44N4O3Si. The van der Waals surface area contributed by atoms with Crippen LogP contribution in [-0.4, -0.2) is 34.9 Å². The van der Waals surface area contributed by atoms with Crippen molar-refractivity contribution in [2.75, 3.05) is 6.61 Å². The van der Waals surface area contributed by atoms with Crippen LogP contribution in [0.3, 0.4) is 0 Å². The number of hydrogen-bond donors (Lipinski definition) is 1. The van der Waals surface area contributed by atoms with Crippen LogP contribution in [0.2, 0.25) is 18.1 Å². The molecule has 1 unspecified atom stereocenters. The maximum absolute atomic E-state index is 11.6. The van der Waals surface area contributed by atoms with E-state index in [0.717, 1.165) is 38.2 Å². The molecule has 1 amide bonds. The average Bonchev–Trinajstić information content (AvgIpc) is 3.45. The molecule has 0 spiro atoms. The van der Waals surface area contributed by atoms with Crippen LogP contribution in [0.15, 0.2) is 43.0 Å². The Bertz CT molecular complexity index is 1130. The van der Waals surface area contributed by atoms with Crippen molar-refractivity contribution in [3.63, 3.8) is 0 Å². The number of unbranched alkanes of at least 4 members (excludes halogenated alkanes) is 3. The molecule has 1 atom stereocenters. The zero-order valence-corrected chi connectivity index (χ0v) is 23.9. The molecule has 0 aliphatic carbocycles. The third-order valence-electron chi connectivity index (χ3n) is 7.29. The minimum absolute atomic E-state index is 0.0713. The lowest BCUT2D eigenvalue weighted by Gasteiger charge is -2.39. The second-order valence-electron chi connectivity index (χ2n) is 11.2. The number of aryl methyl sites for hydroxylation is 1. The SMILES string of the molecule is CCCCCCOc1ccc2ccn(CCCC(O[Si](C)(C)C(C)(C)C)n3cnc(C(N)=O)c3)c2c1. The van der Waals surface area contributed by atoms with E-state index >= 15 is 0 Å². The zero-order valence-electron chi connectivity index (χ0n) is 22.9. The van der Waals surface area contributed by atoms with Crippen LogP contribution in [0.5, 0.6) is 5.75 Å². The van der Waals surface area contributed by atoms with Crippen molar-refractivity contribution in [2.24, 2.45) is 5.73 Å². The highest BCUT2D eigenvalue weighted by molar-refractivity contribution is 6.74. The van der Waals surface area contributed by atoms with Crippen LogP contribution in [0, 0.1) is 0 Å². The molecule has 8 heteroatoms. The van der Waals surface area contributed by atoms with Crippen molar-refractivity contribution < 1.29 is 14.0 Å². The summed E-state index contributed by atoms with van der Waals surface area (Å²) in [5.74, 6) is 0.400. The van der Waals surface area contributed by atoms with Crippen molar-refractivity contribution in [2.45, 2.75) is 97.1 Å². The van der Waals surface area contributed by atoms with Gasteiger partial charge in [-0.05, 0) is 61.0 Å². The van der Waals surface area contributed by atoms with Crippen LogP contribution in [-0.2, 0) is 11.0 Å². The molecule has 2 heterocycles. The minimum atomic E-state index is -2.05. The summed E-state index contributed by atoms with van der Waals surface area (Å²) < 4.78 is 17.0. The number of nitrogens with zero attached hydrogens (tertiary/aromatic N) is 3. The monoisotopic (exact) mass is 512 g/mol. The van der Waals surface area contributed by atoms with Gasteiger partial charge in [-0.2, -0.15) is 0 Å². The summed E-state index contributed by atoms with van der Waals surface area (Å²) in [5, 5.41) is 1.28. The van der Waals surface area contributed by atoms with Gasteiger partial charge in [-0.3, -0.25) is 4.79 Å². The fourth-order valence-electron chi connectivity index (χ4n) is 4.01. The summed E-state index contributed by atoms with van der Waals surface area (Å²) in [6, 6.07) is 8.49. The molecule has 0 fully saturated rings. The average molecular weight is 513 g/mol. The predicted molar refractivity (Wildman–Crippen MR) is 149 cm³/mol. The Morgan fingerprint density at radius 2 is 1.92 bits per heavy atom. The highest BCUT2D eigenvalue weighted by Crippen LogP contribution is 2.39. The van der Waals surface area contributed by atoms with Crippen molar-refractivity contribution in [1.29, 1.82) is 0 Å². The smallest absolute Gasteiger partial charge is 0.268 e. The largest absolute Gasteiger partial charge is 0.494 e. The molecule has 0 bridgehead atoms. The van der Waals surface area contributed by atoms with E-state index in [9.17, 15) is 4.79 Å². The number of carbonyl (C=O) groups is 1. The van der Waals surface area contributed by atoms with Gasteiger partial charge in [0.2, 0.25) is 0 Å². The van der Waals surface area contributed by atoms with Gasteiger partial charge >= 0.3 is 0 Å². The summed E-state index contributed by atoms with van der Waals surface area (Å²) >= 11 is 0. The molecule has 0 aliphatic heterocycles. The lowest BCUT2D eigenvalue weighted by atomic mass is 10.2. The van der Waals surface area contributed by atoms with Gasteiger partial charge < -0.3 is 24.0 Å². The number of ether oxygens (including phenoxy) is 1. The third kappa shape index (κ3) is 7.23. The topological polar surface area (TPSA) is 84.3 Å². The standard InChI is InChI=1S/C28H44N4O3Si/c1-7-8-9-10-18-34-23-14-13-22-15-17-31(25(22)19-23)16-11-12-26(35-36(5,6)28(2,3)4)32-20-24(27(29)33)30-21-32/h13-15,17,19-21,26H,7-12,16,18H2,1-6H3,(H2,29,33). The number of imidazole rings is 1.